The van der Waals surface area contributed by atoms with Crippen molar-refractivity contribution >= 4 is 51.9 Å². The zero-order valence-electron chi connectivity index (χ0n) is 19.6. The number of rotatable bonds is 10. The van der Waals surface area contributed by atoms with E-state index in [2.05, 4.69) is 34.8 Å². The number of unbranched alkanes of at least 4 members (excludes halogenated alkanes) is 1. The highest BCUT2D eigenvalue weighted by Crippen LogP contribution is 2.22. The third-order valence-electron chi connectivity index (χ3n) is 6.11. The van der Waals surface area contributed by atoms with Gasteiger partial charge in [0.1, 0.15) is 18.6 Å². The first-order valence-corrected chi connectivity index (χ1v) is 13.1. The lowest BCUT2D eigenvalue weighted by atomic mass is 9.98. The summed E-state index contributed by atoms with van der Waals surface area (Å²) in [6.07, 6.45) is 2.86. The van der Waals surface area contributed by atoms with Crippen LogP contribution in [0.25, 0.3) is 0 Å². The quantitative estimate of drug-likeness (QED) is 0.421. The fourth-order valence-electron chi connectivity index (χ4n) is 4.10. The minimum atomic E-state index is -0.667. The molecule has 0 saturated carbocycles. The molecule has 182 valence electrons. The fourth-order valence-corrected chi connectivity index (χ4v) is 4.59. The Balaban J connectivity index is 1.67. The first kappa shape index (κ1) is 26.5. The van der Waals surface area contributed by atoms with Crippen molar-refractivity contribution in [2.24, 2.45) is 0 Å². The molecule has 1 N–H and O–H groups in total. The van der Waals surface area contributed by atoms with E-state index in [1.807, 2.05) is 48.5 Å². The van der Waals surface area contributed by atoms with Gasteiger partial charge < -0.3 is 15.1 Å². The lowest BCUT2D eigenvalue weighted by Gasteiger charge is -2.44. The maximum Gasteiger partial charge on any atom is 0.246 e. The van der Waals surface area contributed by atoms with Crippen LogP contribution in [0, 0.1) is 3.57 Å². The molecule has 0 aromatic heterocycles. The predicted octanol–water partition coefficient (Wildman–Crippen LogP) is 4.07. The predicted molar refractivity (Wildman–Crippen MR) is 143 cm³/mol. The minimum absolute atomic E-state index is 0.0995. The highest BCUT2D eigenvalue weighted by molar-refractivity contribution is 14.1. The Hall–Kier alpha value is -2.13. The molecule has 1 fully saturated rings. The van der Waals surface area contributed by atoms with E-state index in [0.29, 0.717) is 31.0 Å². The Kier molecular flexibility index (Phi) is 9.76. The molecule has 34 heavy (non-hydrogen) atoms. The van der Waals surface area contributed by atoms with E-state index in [4.69, 9.17) is 11.6 Å². The van der Waals surface area contributed by atoms with Crippen LogP contribution in [0.15, 0.2) is 48.5 Å². The zero-order valence-corrected chi connectivity index (χ0v) is 22.5. The van der Waals surface area contributed by atoms with E-state index < -0.39 is 12.1 Å². The van der Waals surface area contributed by atoms with E-state index >= 15 is 0 Å². The summed E-state index contributed by atoms with van der Waals surface area (Å²) in [6, 6.07) is 14.2. The second kappa shape index (κ2) is 12.5. The minimum Gasteiger partial charge on any atom is -0.354 e. The molecule has 3 rings (SSSR count). The van der Waals surface area contributed by atoms with Gasteiger partial charge in [0.25, 0.3) is 0 Å². The number of hydrogen-bond donors (Lipinski definition) is 1. The molecule has 1 aliphatic rings. The van der Waals surface area contributed by atoms with Crippen LogP contribution in [-0.4, -0.2) is 59.2 Å². The van der Waals surface area contributed by atoms with Gasteiger partial charge in [0.05, 0.1) is 0 Å². The molecule has 2 aromatic rings. The van der Waals surface area contributed by atoms with Crippen LogP contribution < -0.4 is 5.32 Å². The first-order chi connectivity index (χ1) is 16.3. The Morgan fingerprint density at radius 1 is 1.00 bits per heavy atom. The largest absolute Gasteiger partial charge is 0.354 e. The smallest absolute Gasteiger partial charge is 0.246 e. The number of carbonyl (C=O) groups is 3. The zero-order chi connectivity index (χ0) is 24.7. The number of nitrogens with one attached hydrogen (secondary N) is 1. The van der Waals surface area contributed by atoms with Gasteiger partial charge >= 0.3 is 0 Å². The van der Waals surface area contributed by atoms with Crippen molar-refractivity contribution in [2.75, 3.05) is 19.6 Å². The van der Waals surface area contributed by atoms with E-state index in [-0.39, 0.29) is 24.3 Å². The molecular weight excluding hydrogens is 565 g/mol. The SMILES string of the molecule is CCCCN1C(=O)[C@H](C)N(CC(=O)NCCc2ccc(Cl)cc2)C(=O)[C@H]1Cc1ccc(I)cc1. The molecule has 3 amide bonds. The molecule has 8 heteroatoms. The van der Waals surface area contributed by atoms with Crippen LogP contribution in [0.5, 0.6) is 0 Å². The van der Waals surface area contributed by atoms with Gasteiger partial charge in [-0.05, 0) is 77.7 Å². The van der Waals surface area contributed by atoms with Crippen molar-refractivity contribution in [1.29, 1.82) is 0 Å². The summed E-state index contributed by atoms with van der Waals surface area (Å²) in [4.78, 5) is 42.6. The average molecular weight is 596 g/mol. The highest BCUT2D eigenvalue weighted by atomic mass is 127. The summed E-state index contributed by atoms with van der Waals surface area (Å²) in [7, 11) is 0. The number of piperazine rings is 1. The van der Waals surface area contributed by atoms with Crippen LogP contribution in [0.3, 0.4) is 0 Å². The fraction of sp³-hybridized carbons (Fsp3) is 0.423. The van der Waals surface area contributed by atoms with E-state index in [1.54, 1.807) is 11.8 Å². The molecule has 6 nitrogen and oxygen atoms in total. The second-order valence-corrected chi connectivity index (χ2v) is 10.3. The molecule has 2 atom stereocenters. The van der Waals surface area contributed by atoms with Crippen LogP contribution in [0.1, 0.15) is 37.8 Å². The maximum absolute atomic E-state index is 13.5. The van der Waals surface area contributed by atoms with Gasteiger partial charge in [-0.15, -0.1) is 0 Å². The van der Waals surface area contributed by atoms with Gasteiger partial charge in [0.2, 0.25) is 17.7 Å². The third-order valence-corrected chi connectivity index (χ3v) is 7.08. The molecule has 1 heterocycles. The Labute approximate surface area is 220 Å². The van der Waals surface area contributed by atoms with Crippen molar-refractivity contribution in [3.63, 3.8) is 0 Å². The number of benzene rings is 2. The van der Waals surface area contributed by atoms with Crippen LogP contribution in [0.4, 0.5) is 0 Å². The number of amides is 3. The van der Waals surface area contributed by atoms with Crippen molar-refractivity contribution in [3.05, 3.63) is 68.3 Å². The Morgan fingerprint density at radius 3 is 2.29 bits per heavy atom. The molecule has 0 unspecified atom stereocenters. The van der Waals surface area contributed by atoms with Crippen molar-refractivity contribution in [3.8, 4) is 0 Å². The van der Waals surface area contributed by atoms with Crippen LogP contribution in [-0.2, 0) is 27.2 Å². The van der Waals surface area contributed by atoms with Crippen molar-refractivity contribution in [2.45, 2.75) is 51.6 Å². The molecule has 1 saturated heterocycles. The summed E-state index contributed by atoms with van der Waals surface area (Å²) < 4.78 is 1.11. The number of nitrogens with zero attached hydrogens (tertiary/aromatic N) is 2. The lowest BCUT2D eigenvalue weighted by molar-refractivity contribution is -0.162. The van der Waals surface area contributed by atoms with Gasteiger partial charge in [0, 0.05) is 28.1 Å². The molecule has 1 aliphatic heterocycles. The third kappa shape index (κ3) is 6.95. The molecule has 0 aliphatic carbocycles. The van der Waals surface area contributed by atoms with Gasteiger partial charge in [-0.2, -0.15) is 0 Å². The number of hydrogen-bond acceptors (Lipinski definition) is 3. The summed E-state index contributed by atoms with van der Waals surface area (Å²) >= 11 is 8.16. The molecule has 0 spiro atoms. The standard InChI is InChI=1S/C26H31ClIN3O3/c1-3-4-15-30-23(16-20-7-11-22(28)12-8-20)26(34)31(18(2)25(30)33)17-24(32)29-14-13-19-5-9-21(27)10-6-19/h5-12,18,23H,3-4,13-17H2,1-2H3,(H,29,32)/t18-,23+/m0/s1. The first-order valence-electron chi connectivity index (χ1n) is 11.7. The summed E-state index contributed by atoms with van der Waals surface area (Å²) in [6.45, 7) is 4.63. The molecule has 0 bridgehead atoms. The topological polar surface area (TPSA) is 69.7 Å². The second-order valence-electron chi connectivity index (χ2n) is 8.60. The summed E-state index contributed by atoms with van der Waals surface area (Å²) in [5.74, 6) is -0.538. The van der Waals surface area contributed by atoms with Crippen LogP contribution >= 0.6 is 34.2 Å². The van der Waals surface area contributed by atoms with Gasteiger partial charge in [-0.1, -0.05) is 49.2 Å². The van der Waals surface area contributed by atoms with Gasteiger partial charge in [-0.25, -0.2) is 0 Å². The van der Waals surface area contributed by atoms with Crippen molar-refractivity contribution in [1.82, 2.24) is 15.1 Å². The Morgan fingerprint density at radius 2 is 1.65 bits per heavy atom. The number of carbonyl (C=O) groups excluding carboxylic acids is 3. The summed E-state index contributed by atoms with van der Waals surface area (Å²) in [5, 5.41) is 3.54. The van der Waals surface area contributed by atoms with E-state index in [1.165, 1.54) is 4.90 Å². The van der Waals surface area contributed by atoms with E-state index in [9.17, 15) is 14.4 Å². The average Bonchev–Trinajstić information content (AvgIpc) is 2.82. The summed E-state index contributed by atoms with van der Waals surface area (Å²) in [5.41, 5.74) is 2.06. The van der Waals surface area contributed by atoms with Gasteiger partial charge in [-0.3, -0.25) is 14.4 Å². The highest BCUT2D eigenvalue weighted by Gasteiger charge is 2.44. The maximum atomic E-state index is 13.5. The lowest BCUT2D eigenvalue weighted by Crippen LogP contribution is -2.65. The number of halogens is 2. The Bertz CT molecular complexity index is 997. The van der Waals surface area contributed by atoms with Crippen LogP contribution in [0.2, 0.25) is 5.02 Å². The van der Waals surface area contributed by atoms with E-state index in [0.717, 1.165) is 27.5 Å². The normalized spacial score (nSPS) is 18.4. The molecular formula is C26H31ClIN3O3. The molecule has 0 radical (unpaired) electrons. The monoisotopic (exact) mass is 595 g/mol. The van der Waals surface area contributed by atoms with Crippen molar-refractivity contribution < 1.29 is 14.4 Å². The van der Waals surface area contributed by atoms with Gasteiger partial charge in [0.15, 0.2) is 0 Å². The molecule has 2 aromatic carbocycles.